The predicted molar refractivity (Wildman–Crippen MR) is 81.0 cm³/mol. The number of nitrogens with one attached hydrogen (secondary N) is 2. The van der Waals surface area contributed by atoms with Crippen LogP contribution >= 0.6 is 0 Å². The third kappa shape index (κ3) is 2.93. The molecule has 1 heterocycles. The zero-order chi connectivity index (χ0) is 13.8. The topological polar surface area (TPSA) is 44.9 Å². The van der Waals surface area contributed by atoms with Gasteiger partial charge in [0, 0.05) is 11.9 Å². The minimum absolute atomic E-state index is 0.0968. The summed E-state index contributed by atoms with van der Waals surface area (Å²) in [7, 11) is 0. The number of carbonyl (C=O) groups is 1. The maximum absolute atomic E-state index is 11.9. The SMILES string of the molecule is O=C(Nc1ccc(C2CCCCC2)cc1)c1ccc[nH]1. The number of hydrogen-bond donors (Lipinski definition) is 2. The van der Waals surface area contributed by atoms with Crippen molar-refractivity contribution in [3.63, 3.8) is 0 Å². The Bertz CT molecular complexity index is 551. The summed E-state index contributed by atoms with van der Waals surface area (Å²) in [6.07, 6.45) is 8.41. The molecule has 0 bridgehead atoms. The lowest BCUT2D eigenvalue weighted by Crippen LogP contribution is -2.12. The first-order valence-electron chi connectivity index (χ1n) is 7.37. The van der Waals surface area contributed by atoms with Gasteiger partial charge in [-0.15, -0.1) is 0 Å². The van der Waals surface area contributed by atoms with Gasteiger partial charge in [0.2, 0.25) is 0 Å². The first-order chi connectivity index (χ1) is 9.83. The van der Waals surface area contributed by atoms with E-state index in [-0.39, 0.29) is 5.91 Å². The third-order valence-electron chi connectivity index (χ3n) is 4.09. The Morgan fingerprint density at radius 3 is 2.45 bits per heavy atom. The lowest BCUT2D eigenvalue weighted by Gasteiger charge is -2.22. The fourth-order valence-electron chi connectivity index (χ4n) is 2.94. The zero-order valence-electron chi connectivity index (χ0n) is 11.6. The van der Waals surface area contributed by atoms with Crippen LogP contribution < -0.4 is 5.32 Å². The van der Waals surface area contributed by atoms with E-state index in [0.717, 1.165) is 5.69 Å². The monoisotopic (exact) mass is 268 g/mol. The van der Waals surface area contributed by atoms with Gasteiger partial charge in [0.15, 0.2) is 0 Å². The molecule has 1 saturated carbocycles. The molecule has 1 aliphatic carbocycles. The molecule has 0 radical (unpaired) electrons. The summed E-state index contributed by atoms with van der Waals surface area (Å²) in [5.41, 5.74) is 2.84. The number of H-pyrrole nitrogens is 1. The van der Waals surface area contributed by atoms with Gasteiger partial charge in [-0.25, -0.2) is 0 Å². The molecule has 104 valence electrons. The molecule has 1 aromatic carbocycles. The van der Waals surface area contributed by atoms with E-state index in [0.29, 0.717) is 11.6 Å². The molecule has 1 amide bonds. The number of carbonyl (C=O) groups excluding carboxylic acids is 1. The summed E-state index contributed by atoms with van der Waals surface area (Å²) in [6.45, 7) is 0. The zero-order valence-corrected chi connectivity index (χ0v) is 11.6. The largest absolute Gasteiger partial charge is 0.357 e. The summed E-state index contributed by atoms with van der Waals surface area (Å²) >= 11 is 0. The van der Waals surface area contributed by atoms with Gasteiger partial charge >= 0.3 is 0 Å². The smallest absolute Gasteiger partial charge is 0.272 e. The molecule has 1 fully saturated rings. The second-order valence-electron chi connectivity index (χ2n) is 5.49. The quantitative estimate of drug-likeness (QED) is 0.855. The van der Waals surface area contributed by atoms with E-state index in [9.17, 15) is 4.79 Å². The highest BCUT2D eigenvalue weighted by atomic mass is 16.1. The molecule has 0 spiro atoms. The van der Waals surface area contributed by atoms with Crippen molar-refractivity contribution in [1.82, 2.24) is 4.98 Å². The number of amides is 1. The Kier molecular flexibility index (Phi) is 3.86. The van der Waals surface area contributed by atoms with E-state index < -0.39 is 0 Å². The average Bonchev–Trinajstić information content (AvgIpc) is 3.03. The van der Waals surface area contributed by atoms with E-state index in [1.807, 2.05) is 18.2 Å². The summed E-state index contributed by atoms with van der Waals surface area (Å²) in [5, 5.41) is 2.90. The van der Waals surface area contributed by atoms with Crippen LogP contribution in [0.2, 0.25) is 0 Å². The first-order valence-corrected chi connectivity index (χ1v) is 7.37. The summed E-state index contributed by atoms with van der Waals surface area (Å²) < 4.78 is 0. The molecule has 2 aromatic rings. The second kappa shape index (κ2) is 5.95. The van der Waals surface area contributed by atoms with Crippen LogP contribution in [0.5, 0.6) is 0 Å². The minimum Gasteiger partial charge on any atom is -0.357 e. The highest BCUT2D eigenvalue weighted by Gasteiger charge is 2.15. The predicted octanol–water partition coefficient (Wildman–Crippen LogP) is 4.31. The van der Waals surface area contributed by atoms with Crippen LogP contribution in [-0.4, -0.2) is 10.9 Å². The number of rotatable bonds is 3. The van der Waals surface area contributed by atoms with Crippen LogP contribution in [0.4, 0.5) is 5.69 Å². The Balaban J connectivity index is 1.65. The van der Waals surface area contributed by atoms with E-state index in [4.69, 9.17) is 0 Å². The summed E-state index contributed by atoms with van der Waals surface area (Å²) in [5.74, 6) is 0.609. The van der Waals surface area contributed by atoms with E-state index in [1.54, 1.807) is 12.3 Å². The van der Waals surface area contributed by atoms with Crippen LogP contribution in [-0.2, 0) is 0 Å². The number of aromatic nitrogens is 1. The molecule has 20 heavy (non-hydrogen) atoms. The average molecular weight is 268 g/mol. The number of anilines is 1. The number of aromatic amines is 1. The standard InChI is InChI=1S/C17H20N2O/c20-17(16-7-4-12-18-16)19-15-10-8-14(9-11-15)13-5-2-1-3-6-13/h4,7-13,18H,1-3,5-6H2,(H,19,20). The van der Waals surface area contributed by atoms with Crippen molar-refractivity contribution < 1.29 is 4.79 Å². The van der Waals surface area contributed by atoms with Crippen molar-refractivity contribution in [3.05, 3.63) is 53.9 Å². The molecule has 2 N–H and O–H groups in total. The van der Waals surface area contributed by atoms with Gasteiger partial charge in [-0.1, -0.05) is 31.4 Å². The van der Waals surface area contributed by atoms with Gasteiger partial charge < -0.3 is 10.3 Å². The molecule has 0 atom stereocenters. The van der Waals surface area contributed by atoms with Gasteiger partial charge in [0.1, 0.15) is 5.69 Å². The maximum atomic E-state index is 11.9. The van der Waals surface area contributed by atoms with Crippen molar-refractivity contribution in [3.8, 4) is 0 Å². The van der Waals surface area contributed by atoms with Crippen molar-refractivity contribution in [1.29, 1.82) is 0 Å². The number of benzene rings is 1. The molecule has 1 aliphatic rings. The molecular weight excluding hydrogens is 248 g/mol. The van der Waals surface area contributed by atoms with Crippen LogP contribution in [0.3, 0.4) is 0 Å². The van der Waals surface area contributed by atoms with Gasteiger partial charge in [0.05, 0.1) is 0 Å². The van der Waals surface area contributed by atoms with Crippen LogP contribution in [0.15, 0.2) is 42.6 Å². The molecule has 3 nitrogen and oxygen atoms in total. The van der Waals surface area contributed by atoms with Crippen molar-refractivity contribution >= 4 is 11.6 Å². The van der Waals surface area contributed by atoms with E-state index >= 15 is 0 Å². The first kappa shape index (κ1) is 13.0. The maximum Gasteiger partial charge on any atom is 0.272 e. The van der Waals surface area contributed by atoms with Gasteiger partial charge in [-0.05, 0) is 48.6 Å². The number of hydrogen-bond acceptors (Lipinski definition) is 1. The lowest BCUT2D eigenvalue weighted by atomic mass is 9.84. The Morgan fingerprint density at radius 2 is 1.80 bits per heavy atom. The van der Waals surface area contributed by atoms with Crippen LogP contribution in [0, 0.1) is 0 Å². The molecule has 0 unspecified atom stereocenters. The van der Waals surface area contributed by atoms with E-state index in [1.165, 1.54) is 37.7 Å². The van der Waals surface area contributed by atoms with Crippen molar-refractivity contribution in [2.45, 2.75) is 38.0 Å². The fourth-order valence-corrected chi connectivity index (χ4v) is 2.94. The summed E-state index contributed by atoms with van der Waals surface area (Å²) in [6, 6.07) is 11.9. The van der Waals surface area contributed by atoms with Gasteiger partial charge in [-0.3, -0.25) is 4.79 Å². The fraction of sp³-hybridized carbons (Fsp3) is 0.353. The molecular formula is C17H20N2O. The highest BCUT2D eigenvalue weighted by molar-refractivity contribution is 6.02. The molecule has 0 aliphatic heterocycles. The lowest BCUT2D eigenvalue weighted by molar-refractivity contribution is 0.102. The van der Waals surface area contributed by atoms with Crippen molar-refractivity contribution in [2.75, 3.05) is 5.32 Å². The molecule has 3 heteroatoms. The summed E-state index contributed by atoms with van der Waals surface area (Å²) in [4.78, 5) is 14.8. The molecule has 1 aromatic heterocycles. The highest BCUT2D eigenvalue weighted by Crippen LogP contribution is 2.32. The van der Waals surface area contributed by atoms with Crippen molar-refractivity contribution in [2.24, 2.45) is 0 Å². The van der Waals surface area contributed by atoms with Crippen LogP contribution in [0.25, 0.3) is 0 Å². The normalized spacial score (nSPS) is 16.0. The van der Waals surface area contributed by atoms with Crippen LogP contribution in [0.1, 0.15) is 54.1 Å². The van der Waals surface area contributed by atoms with E-state index in [2.05, 4.69) is 22.4 Å². The van der Waals surface area contributed by atoms with Gasteiger partial charge in [0.25, 0.3) is 5.91 Å². The minimum atomic E-state index is -0.0968. The third-order valence-corrected chi connectivity index (χ3v) is 4.09. The van der Waals surface area contributed by atoms with Gasteiger partial charge in [-0.2, -0.15) is 0 Å². The molecule has 0 saturated heterocycles. The Hall–Kier alpha value is -2.03. The molecule has 3 rings (SSSR count). The second-order valence-corrected chi connectivity index (χ2v) is 5.49. The Morgan fingerprint density at radius 1 is 1.05 bits per heavy atom. The Labute approximate surface area is 119 Å².